The quantitative estimate of drug-likeness (QED) is 0.538. The molecule has 1 nitrogen and oxygen atoms in total. The third-order valence-corrected chi connectivity index (χ3v) is 2.71. The van der Waals surface area contributed by atoms with E-state index >= 15 is 0 Å². The lowest BCUT2D eigenvalue weighted by atomic mass is 9.88. The summed E-state index contributed by atoms with van der Waals surface area (Å²) in [6, 6.07) is 0. The van der Waals surface area contributed by atoms with Crippen LogP contribution < -0.4 is 0 Å². The Bertz CT molecular complexity index is 109. The minimum absolute atomic E-state index is 0.861. The van der Waals surface area contributed by atoms with Gasteiger partial charge in [-0.3, -0.25) is 0 Å². The maximum absolute atomic E-state index is 2.44. The monoisotopic (exact) mass is 141 g/mol. The van der Waals surface area contributed by atoms with Crippen molar-refractivity contribution in [2.75, 3.05) is 20.1 Å². The van der Waals surface area contributed by atoms with Gasteiger partial charge in [-0.1, -0.05) is 20.8 Å². The van der Waals surface area contributed by atoms with Crippen LogP contribution in [0.25, 0.3) is 0 Å². The summed E-state index contributed by atoms with van der Waals surface area (Å²) in [6.07, 6.45) is 0. The van der Waals surface area contributed by atoms with Gasteiger partial charge < -0.3 is 4.90 Å². The zero-order valence-corrected chi connectivity index (χ0v) is 7.59. The number of hydrogen-bond acceptors (Lipinski definition) is 1. The lowest BCUT2D eigenvalue weighted by Gasteiger charge is -2.17. The van der Waals surface area contributed by atoms with Gasteiger partial charge in [-0.2, -0.15) is 0 Å². The van der Waals surface area contributed by atoms with E-state index in [0.29, 0.717) is 0 Å². The molecular weight excluding hydrogens is 122 g/mol. The molecule has 0 spiro atoms. The molecule has 0 aromatic rings. The fraction of sp³-hybridized carbons (Fsp3) is 1.00. The molecule has 10 heavy (non-hydrogen) atoms. The van der Waals surface area contributed by atoms with Gasteiger partial charge in [0, 0.05) is 13.1 Å². The number of hydrogen-bond donors (Lipinski definition) is 0. The topological polar surface area (TPSA) is 3.24 Å². The molecule has 0 bridgehead atoms. The first kappa shape index (κ1) is 8.06. The molecule has 1 rings (SSSR count). The molecule has 0 aromatic heterocycles. The van der Waals surface area contributed by atoms with E-state index in [4.69, 9.17) is 0 Å². The Morgan fingerprint density at radius 2 is 1.90 bits per heavy atom. The fourth-order valence-corrected chi connectivity index (χ4v) is 2.11. The predicted octanol–water partition coefficient (Wildman–Crippen LogP) is 1.84. The van der Waals surface area contributed by atoms with Crippen LogP contribution in [0.15, 0.2) is 0 Å². The van der Waals surface area contributed by atoms with Crippen molar-refractivity contribution in [2.24, 2.45) is 17.8 Å². The molecule has 1 aliphatic rings. The van der Waals surface area contributed by atoms with Gasteiger partial charge >= 0.3 is 0 Å². The highest BCUT2D eigenvalue weighted by Gasteiger charge is 2.28. The second kappa shape index (κ2) is 2.91. The van der Waals surface area contributed by atoms with E-state index in [9.17, 15) is 0 Å². The molecule has 0 N–H and O–H groups in total. The van der Waals surface area contributed by atoms with E-state index < -0.39 is 0 Å². The number of rotatable bonds is 1. The molecule has 0 amide bonds. The van der Waals surface area contributed by atoms with Crippen LogP contribution in [0, 0.1) is 17.8 Å². The highest BCUT2D eigenvalue weighted by atomic mass is 15.1. The molecule has 0 radical (unpaired) electrons. The van der Waals surface area contributed by atoms with Crippen molar-refractivity contribution < 1.29 is 0 Å². The van der Waals surface area contributed by atoms with Gasteiger partial charge in [0.2, 0.25) is 0 Å². The van der Waals surface area contributed by atoms with Gasteiger partial charge in [0.15, 0.2) is 0 Å². The third-order valence-electron chi connectivity index (χ3n) is 2.71. The highest BCUT2D eigenvalue weighted by molar-refractivity contribution is 4.80. The van der Waals surface area contributed by atoms with Crippen LogP contribution in [0.1, 0.15) is 20.8 Å². The first-order valence-corrected chi connectivity index (χ1v) is 4.29. The Kier molecular flexibility index (Phi) is 2.35. The van der Waals surface area contributed by atoms with Gasteiger partial charge in [0.25, 0.3) is 0 Å². The molecule has 0 aliphatic carbocycles. The zero-order valence-electron chi connectivity index (χ0n) is 7.59. The Hall–Kier alpha value is -0.0400. The zero-order chi connectivity index (χ0) is 7.72. The standard InChI is InChI=1S/C9H19N/c1-7(2)9-6-10(4)5-8(9)3/h7-9H,5-6H2,1-4H3. The number of likely N-dealkylation sites (tertiary alicyclic amines) is 1. The summed E-state index contributed by atoms with van der Waals surface area (Å²) in [6.45, 7) is 9.64. The van der Waals surface area contributed by atoms with E-state index in [2.05, 4.69) is 32.7 Å². The third kappa shape index (κ3) is 1.51. The van der Waals surface area contributed by atoms with Crippen LogP contribution in [0.5, 0.6) is 0 Å². The van der Waals surface area contributed by atoms with E-state index in [-0.39, 0.29) is 0 Å². The molecule has 60 valence electrons. The van der Waals surface area contributed by atoms with Crippen LogP contribution in [0.3, 0.4) is 0 Å². The number of nitrogens with zero attached hydrogens (tertiary/aromatic N) is 1. The Morgan fingerprint density at radius 3 is 2.10 bits per heavy atom. The van der Waals surface area contributed by atoms with Gasteiger partial charge in [0.05, 0.1) is 0 Å². The van der Waals surface area contributed by atoms with Crippen molar-refractivity contribution in [3.05, 3.63) is 0 Å². The molecule has 1 heterocycles. The van der Waals surface area contributed by atoms with Crippen LogP contribution >= 0.6 is 0 Å². The van der Waals surface area contributed by atoms with Crippen molar-refractivity contribution >= 4 is 0 Å². The summed E-state index contributed by atoms with van der Waals surface area (Å²) >= 11 is 0. The Labute approximate surface area is 64.4 Å². The smallest absolute Gasteiger partial charge is 0.00122 e. The van der Waals surface area contributed by atoms with E-state index in [1.807, 2.05) is 0 Å². The van der Waals surface area contributed by atoms with Crippen molar-refractivity contribution in [3.63, 3.8) is 0 Å². The van der Waals surface area contributed by atoms with Crippen molar-refractivity contribution in [1.82, 2.24) is 4.90 Å². The summed E-state index contributed by atoms with van der Waals surface area (Å²) in [7, 11) is 2.22. The lowest BCUT2D eigenvalue weighted by Crippen LogP contribution is -2.17. The van der Waals surface area contributed by atoms with Crippen molar-refractivity contribution in [1.29, 1.82) is 0 Å². The summed E-state index contributed by atoms with van der Waals surface area (Å²) in [5.74, 6) is 2.70. The SMILES string of the molecule is CC(C)C1CN(C)CC1C. The normalized spacial score (nSPS) is 35.7. The minimum Gasteiger partial charge on any atom is -0.306 e. The van der Waals surface area contributed by atoms with Crippen LogP contribution in [-0.4, -0.2) is 25.0 Å². The molecular formula is C9H19N. The van der Waals surface area contributed by atoms with E-state index in [0.717, 1.165) is 17.8 Å². The fourth-order valence-electron chi connectivity index (χ4n) is 2.11. The molecule has 0 saturated carbocycles. The van der Waals surface area contributed by atoms with Crippen molar-refractivity contribution in [2.45, 2.75) is 20.8 Å². The minimum atomic E-state index is 0.861. The Morgan fingerprint density at radius 1 is 1.30 bits per heavy atom. The summed E-state index contributed by atoms with van der Waals surface area (Å²) < 4.78 is 0. The second-order valence-electron chi connectivity index (χ2n) is 4.11. The van der Waals surface area contributed by atoms with Gasteiger partial charge in [-0.05, 0) is 24.8 Å². The largest absolute Gasteiger partial charge is 0.306 e. The van der Waals surface area contributed by atoms with E-state index in [1.54, 1.807) is 0 Å². The molecule has 2 unspecified atom stereocenters. The van der Waals surface area contributed by atoms with Crippen LogP contribution in [0.2, 0.25) is 0 Å². The molecule has 0 aromatic carbocycles. The molecule has 1 fully saturated rings. The van der Waals surface area contributed by atoms with E-state index in [1.165, 1.54) is 13.1 Å². The molecule has 1 heteroatoms. The van der Waals surface area contributed by atoms with Gasteiger partial charge in [0.1, 0.15) is 0 Å². The molecule has 1 aliphatic heterocycles. The van der Waals surface area contributed by atoms with Crippen LogP contribution in [0.4, 0.5) is 0 Å². The first-order valence-electron chi connectivity index (χ1n) is 4.29. The summed E-state index contributed by atoms with van der Waals surface area (Å²) in [5, 5.41) is 0. The van der Waals surface area contributed by atoms with Gasteiger partial charge in [-0.15, -0.1) is 0 Å². The van der Waals surface area contributed by atoms with Crippen molar-refractivity contribution in [3.8, 4) is 0 Å². The Balaban J connectivity index is 2.46. The lowest BCUT2D eigenvalue weighted by molar-refractivity contribution is 0.327. The average molecular weight is 141 g/mol. The predicted molar refractivity (Wildman–Crippen MR) is 45.0 cm³/mol. The maximum atomic E-state index is 2.44. The second-order valence-corrected chi connectivity index (χ2v) is 4.11. The summed E-state index contributed by atoms with van der Waals surface area (Å²) in [5.41, 5.74) is 0. The first-order chi connectivity index (χ1) is 4.61. The van der Waals surface area contributed by atoms with Gasteiger partial charge in [-0.25, -0.2) is 0 Å². The maximum Gasteiger partial charge on any atom is 0.00122 e. The molecule has 2 atom stereocenters. The summed E-state index contributed by atoms with van der Waals surface area (Å²) in [4.78, 5) is 2.44. The molecule has 1 saturated heterocycles. The highest BCUT2D eigenvalue weighted by Crippen LogP contribution is 2.27. The van der Waals surface area contributed by atoms with Crippen LogP contribution in [-0.2, 0) is 0 Å². The average Bonchev–Trinajstić information content (AvgIpc) is 2.10.